The summed E-state index contributed by atoms with van der Waals surface area (Å²) in [6, 6.07) is 1.37. The Kier molecular flexibility index (Phi) is 6.30. The van der Waals surface area contributed by atoms with E-state index in [1.165, 1.54) is 45.5 Å². The Morgan fingerprint density at radius 3 is 2.25 bits per heavy atom. The number of nitrogens with zero attached hydrogens (tertiary/aromatic N) is 1. The molecule has 0 bridgehead atoms. The molecule has 1 aromatic rings. The number of phenols is 1. The molecule has 8 nitrogen and oxygen atoms in total. The monoisotopic (exact) mass is 483 g/mol. The highest BCUT2D eigenvalue weighted by Crippen LogP contribution is 2.49. The number of hydrogen-bond acceptors (Lipinski definition) is 7. The maximum absolute atomic E-state index is 12.6. The van der Waals surface area contributed by atoms with E-state index in [0.29, 0.717) is 0 Å². The number of hydrogen-bond donors (Lipinski definition) is 3. The molecule has 3 unspecified atom stereocenters. The van der Waals surface area contributed by atoms with Crippen LogP contribution in [0.5, 0.6) is 5.75 Å². The van der Waals surface area contributed by atoms with Crippen LogP contribution in [0.25, 0.3) is 0 Å². The van der Waals surface area contributed by atoms with Crippen molar-refractivity contribution in [3.8, 4) is 5.75 Å². The molecule has 3 fully saturated rings. The van der Waals surface area contributed by atoms with Crippen LogP contribution < -0.4 is 10.6 Å². The van der Waals surface area contributed by atoms with Crippen molar-refractivity contribution in [2.45, 2.75) is 74.4 Å². The second kappa shape index (κ2) is 8.59. The third-order valence-corrected chi connectivity index (χ3v) is 9.73. The number of rotatable bonds is 6. The van der Waals surface area contributed by atoms with Crippen molar-refractivity contribution in [2.24, 2.45) is 5.41 Å². The number of halogens is 1. The lowest BCUT2D eigenvalue weighted by Gasteiger charge is -2.46. The number of phenolic OH excluding ortho intramolecular Hbond substituents is 1. The lowest BCUT2D eigenvalue weighted by atomic mass is 9.68. The maximum Gasteiger partial charge on any atom is 0.247 e. The van der Waals surface area contributed by atoms with E-state index in [1.54, 1.807) is 0 Å². The summed E-state index contributed by atoms with van der Waals surface area (Å²) in [5, 5.41) is 16.9. The van der Waals surface area contributed by atoms with Gasteiger partial charge in [-0.3, -0.25) is 9.59 Å². The lowest BCUT2D eigenvalue weighted by molar-refractivity contribution is -0.146. The minimum Gasteiger partial charge on any atom is -0.504 e. The molecule has 176 valence electrons. The Morgan fingerprint density at radius 1 is 1.03 bits per heavy atom. The van der Waals surface area contributed by atoms with E-state index in [9.17, 15) is 23.1 Å². The molecule has 0 radical (unpaired) electrons. The van der Waals surface area contributed by atoms with Crippen molar-refractivity contribution < 1.29 is 23.1 Å². The van der Waals surface area contributed by atoms with Gasteiger partial charge in [0.1, 0.15) is 17.0 Å². The molecular weight excluding hydrogens is 454 g/mol. The third-order valence-electron chi connectivity index (χ3n) is 7.41. The topological polar surface area (TPSA) is 116 Å². The number of sulfonamides is 1. The average Bonchev–Trinajstić information content (AvgIpc) is 3.21. The summed E-state index contributed by atoms with van der Waals surface area (Å²) in [6.07, 6.45) is 9.07. The fourth-order valence-corrected chi connectivity index (χ4v) is 7.03. The first-order chi connectivity index (χ1) is 15.1. The summed E-state index contributed by atoms with van der Waals surface area (Å²) in [4.78, 5) is 24.4. The Hall–Kier alpha value is -1.68. The van der Waals surface area contributed by atoms with Gasteiger partial charge in [0, 0.05) is 20.1 Å². The largest absolute Gasteiger partial charge is 0.504 e. The highest BCUT2D eigenvalue weighted by molar-refractivity contribution is 7.89. The summed E-state index contributed by atoms with van der Waals surface area (Å²) < 4.78 is 26.2. The molecule has 10 heteroatoms. The molecule has 1 aromatic carbocycles. The van der Waals surface area contributed by atoms with Crippen LogP contribution in [0.3, 0.4) is 0 Å². The van der Waals surface area contributed by atoms with Gasteiger partial charge in [-0.15, -0.1) is 0 Å². The van der Waals surface area contributed by atoms with E-state index >= 15 is 0 Å². The van der Waals surface area contributed by atoms with Gasteiger partial charge in [-0.2, -0.15) is 0 Å². The Morgan fingerprint density at radius 2 is 1.62 bits per heavy atom. The van der Waals surface area contributed by atoms with Gasteiger partial charge in [0.05, 0.1) is 10.7 Å². The van der Waals surface area contributed by atoms with Gasteiger partial charge in [0.25, 0.3) is 0 Å². The predicted octanol–water partition coefficient (Wildman–Crippen LogP) is 2.69. The predicted molar refractivity (Wildman–Crippen MR) is 121 cm³/mol. The van der Waals surface area contributed by atoms with Crippen molar-refractivity contribution in [3.05, 3.63) is 17.2 Å². The van der Waals surface area contributed by atoms with Crippen molar-refractivity contribution >= 4 is 38.9 Å². The van der Waals surface area contributed by atoms with E-state index < -0.39 is 44.3 Å². The first-order valence-corrected chi connectivity index (χ1v) is 12.9. The zero-order valence-electron chi connectivity index (χ0n) is 18.4. The molecule has 1 spiro atoms. The lowest BCUT2D eigenvalue weighted by Crippen LogP contribution is -2.70. The Bertz CT molecular complexity index is 1040. The van der Waals surface area contributed by atoms with Crippen LogP contribution in [-0.2, 0) is 19.6 Å². The molecule has 0 heterocycles. The molecule has 4 rings (SSSR count). The standard InChI is InChI=1S/C22H30ClN3O5S/c1-26(2)32(30,31)21-13(23)8-9-14(18(21)27)24-16-17(20(29)19(16)28)25-15-7-3-4-10-22(15)11-5-6-12-22/h8-9,15-17,24-25,27H,3-7,10-12H2,1-2H3. The van der Waals surface area contributed by atoms with Crippen LogP contribution >= 0.6 is 11.6 Å². The molecule has 3 saturated carbocycles. The normalized spacial score (nSPS) is 27.7. The number of aromatic hydroxyl groups is 1. The summed E-state index contributed by atoms with van der Waals surface area (Å²) in [7, 11) is -1.35. The van der Waals surface area contributed by atoms with Crippen LogP contribution in [0.2, 0.25) is 5.02 Å². The number of Topliss-reactive ketones (excluding diaryl/α,β-unsaturated/α-hetero) is 2. The molecule has 0 aliphatic heterocycles. The molecule has 3 aliphatic carbocycles. The minimum atomic E-state index is -4.02. The number of benzene rings is 1. The van der Waals surface area contributed by atoms with Crippen LogP contribution in [0, 0.1) is 5.41 Å². The molecule has 32 heavy (non-hydrogen) atoms. The van der Waals surface area contributed by atoms with Gasteiger partial charge in [-0.1, -0.05) is 37.3 Å². The van der Waals surface area contributed by atoms with E-state index in [1.807, 2.05) is 0 Å². The van der Waals surface area contributed by atoms with Crippen LogP contribution in [0.1, 0.15) is 51.4 Å². The minimum absolute atomic E-state index is 0.0479. The van der Waals surface area contributed by atoms with Crippen LogP contribution in [-0.4, -0.2) is 61.6 Å². The van der Waals surface area contributed by atoms with Gasteiger partial charge >= 0.3 is 0 Å². The molecule has 0 amide bonds. The Labute approximate surface area is 193 Å². The number of carbonyl (C=O) groups excluding carboxylic acids is 2. The zero-order chi connectivity index (χ0) is 23.3. The Balaban J connectivity index is 1.58. The van der Waals surface area contributed by atoms with E-state index in [0.717, 1.165) is 36.4 Å². The summed E-state index contributed by atoms with van der Waals surface area (Å²) in [6.45, 7) is 0. The summed E-state index contributed by atoms with van der Waals surface area (Å²) in [5.74, 6) is -1.62. The molecule has 0 saturated heterocycles. The molecule has 3 aliphatic rings. The third kappa shape index (κ3) is 3.83. The van der Waals surface area contributed by atoms with Crippen molar-refractivity contribution in [1.29, 1.82) is 0 Å². The molecular formula is C22H30ClN3O5S. The summed E-state index contributed by atoms with van der Waals surface area (Å²) in [5.41, 5.74) is 0.239. The second-order valence-electron chi connectivity index (χ2n) is 9.42. The first kappa shape index (κ1) is 23.5. The molecule has 3 N–H and O–H groups in total. The molecule has 3 atom stereocenters. The van der Waals surface area contributed by atoms with Crippen molar-refractivity contribution in [3.63, 3.8) is 0 Å². The quantitative estimate of drug-likeness (QED) is 0.420. The zero-order valence-corrected chi connectivity index (χ0v) is 19.9. The number of carbonyl (C=O) groups is 2. The van der Waals surface area contributed by atoms with Gasteiger partial charge < -0.3 is 15.7 Å². The van der Waals surface area contributed by atoms with Gasteiger partial charge in [-0.05, 0) is 43.2 Å². The van der Waals surface area contributed by atoms with Gasteiger partial charge in [-0.25, -0.2) is 12.7 Å². The van der Waals surface area contributed by atoms with Gasteiger partial charge in [0.2, 0.25) is 21.6 Å². The smallest absolute Gasteiger partial charge is 0.247 e. The van der Waals surface area contributed by atoms with E-state index in [2.05, 4.69) is 10.6 Å². The highest BCUT2D eigenvalue weighted by atomic mass is 35.5. The molecule has 0 aromatic heterocycles. The van der Waals surface area contributed by atoms with E-state index in [4.69, 9.17) is 11.6 Å². The van der Waals surface area contributed by atoms with Crippen LogP contribution in [0.4, 0.5) is 5.69 Å². The number of anilines is 1. The maximum atomic E-state index is 12.6. The van der Waals surface area contributed by atoms with Crippen molar-refractivity contribution in [1.82, 2.24) is 9.62 Å². The fourth-order valence-electron chi connectivity index (χ4n) is 5.55. The number of ketones is 2. The van der Waals surface area contributed by atoms with Crippen molar-refractivity contribution in [2.75, 3.05) is 19.4 Å². The SMILES string of the molecule is CN(C)S(=O)(=O)c1c(Cl)ccc(NC2C(=O)C(=O)C2NC2CCCCC23CCCC3)c1O. The first-order valence-electron chi connectivity index (χ1n) is 11.1. The number of nitrogens with one attached hydrogen (secondary N) is 2. The van der Waals surface area contributed by atoms with Gasteiger partial charge in [0.15, 0.2) is 5.75 Å². The highest BCUT2D eigenvalue weighted by Gasteiger charge is 2.53. The average molecular weight is 484 g/mol. The van der Waals surface area contributed by atoms with Crippen LogP contribution in [0.15, 0.2) is 17.0 Å². The summed E-state index contributed by atoms with van der Waals surface area (Å²) >= 11 is 6.07. The second-order valence-corrected chi connectivity index (χ2v) is 11.9. The van der Waals surface area contributed by atoms with E-state index in [-0.39, 0.29) is 22.2 Å². The fraction of sp³-hybridized carbons (Fsp3) is 0.636.